The molecule has 100 valence electrons. The van der Waals surface area contributed by atoms with Gasteiger partial charge < -0.3 is 5.73 Å². The largest absolute Gasteiger partial charge is 0.369 e. The smallest absolute Gasteiger partial charge is 0.313 e. The lowest BCUT2D eigenvalue weighted by Crippen LogP contribution is -2.29. The molecule has 19 heavy (non-hydrogen) atoms. The molecule has 1 aromatic heterocycles. The molecule has 0 bridgehead atoms. The second-order valence-corrected chi connectivity index (χ2v) is 4.50. The summed E-state index contributed by atoms with van der Waals surface area (Å²) in [6.07, 6.45) is 1.13. The Morgan fingerprint density at radius 2 is 2.32 bits per heavy atom. The molecule has 1 aromatic rings. The lowest BCUT2D eigenvalue weighted by atomic mass is 10.1. The van der Waals surface area contributed by atoms with Gasteiger partial charge in [0.05, 0.1) is 15.9 Å². The number of aromatic nitrogens is 1. The first-order chi connectivity index (χ1) is 8.90. The molecule has 2 rings (SSSR count). The molecule has 2 amide bonds. The van der Waals surface area contributed by atoms with Gasteiger partial charge in [-0.3, -0.25) is 24.6 Å². The summed E-state index contributed by atoms with van der Waals surface area (Å²) in [6, 6.07) is 1.11. The van der Waals surface area contributed by atoms with Gasteiger partial charge in [0.15, 0.2) is 0 Å². The fraction of sp³-hybridized carbons (Fsp3) is 0.300. The summed E-state index contributed by atoms with van der Waals surface area (Å²) in [7, 11) is 0. The molecule has 2 heterocycles. The topological polar surface area (TPSA) is 119 Å². The summed E-state index contributed by atoms with van der Waals surface area (Å²) in [6.45, 7) is -0.0103. The van der Waals surface area contributed by atoms with Crippen LogP contribution in [0.15, 0.2) is 12.3 Å². The molecule has 0 aliphatic carbocycles. The summed E-state index contributed by atoms with van der Waals surface area (Å²) < 4.78 is 0. The Balaban J connectivity index is 2.40. The predicted molar refractivity (Wildman–Crippen MR) is 65.6 cm³/mol. The number of hydrogen-bond donors (Lipinski definition) is 1. The van der Waals surface area contributed by atoms with Gasteiger partial charge in [0.2, 0.25) is 17.6 Å². The number of halogens is 1. The summed E-state index contributed by atoms with van der Waals surface area (Å²) in [5.74, 6) is -1.83. The van der Waals surface area contributed by atoms with Crippen molar-refractivity contribution in [2.75, 3.05) is 11.4 Å². The van der Waals surface area contributed by atoms with Crippen molar-refractivity contribution in [1.82, 2.24) is 4.98 Å². The molecule has 2 N–H and O–H groups in total. The number of carbonyl (C=O) groups excluding carboxylic acids is 2. The van der Waals surface area contributed by atoms with Crippen molar-refractivity contribution in [3.63, 3.8) is 0 Å². The first-order valence-corrected chi connectivity index (χ1v) is 5.67. The molecule has 8 nitrogen and oxygen atoms in total. The second kappa shape index (κ2) is 4.81. The van der Waals surface area contributed by atoms with Crippen LogP contribution in [-0.4, -0.2) is 28.3 Å². The lowest BCUT2D eigenvalue weighted by molar-refractivity contribution is -0.384. The van der Waals surface area contributed by atoms with Crippen LogP contribution in [0.2, 0.25) is 5.02 Å². The molecule has 1 unspecified atom stereocenters. The number of anilines is 1. The van der Waals surface area contributed by atoms with Gasteiger partial charge in [-0.15, -0.1) is 0 Å². The van der Waals surface area contributed by atoms with Crippen LogP contribution in [0.25, 0.3) is 0 Å². The summed E-state index contributed by atoms with van der Waals surface area (Å²) in [5, 5.41) is 11.0. The fourth-order valence-corrected chi connectivity index (χ4v) is 2.02. The van der Waals surface area contributed by atoms with Crippen LogP contribution in [0, 0.1) is 16.0 Å². The Morgan fingerprint density at radius 1 is 1.63 bits per heavy atom. The third kappa shape index (κ3) is 2.48. The number of pyridine rings is 1. The van der Waals surface area contributed by atoms with Crippen molar-refractivity contribution in [3.8, 4) is 0 Å². The highest BCUT2D eigenvalue weighted by Crippen LogP contribution is 2.32. The molecular formula is C10H9ClN4O4. The van der Waals surface area contributed by atoms with Gasteiger partial charge in [0.1, 0.15) is 0 Å². The van der Waals surface area contributed by atoms with E-state index in [9.17, 15) is 19.7 Å². The van der Waals surface area contributed by atoms with Gasteiger partial charge >= 0.3 is 5.69 Å². The number of rotatable bonds is 3. The van der Waals surface area contributed by atoms with E-state index in [1.54, 1.807) is 0 Å². The van der Waals surface area contributed by atoms with Crippen LogP contribution >= 0.6 is 11.6 Å². The number of amides is 2. The van der Waals surface area contributed by atoms with Gasteiger partial charge in [0, 0.05) is 25.2 Å². The van der Waals surface area contributed by atoms with E-state index < -0.39 is 22.7 Å². The number of nitrogens with two attached hydrogens (primary N) is 1. The maximum absolute atomic E-state index is 11.8. The third-order valence-corrected chi connectivity index (χ3v) is 3.00. The van der Waals surface area contributed by atoms with Crippen LogP contribution in [0.1, 0.15) is 6.42 Å². The van der Waals surface area contributed by atoms with Crippen molar-refractivity contribution < 1.29 is 14.5 Å². The second-order valence-electron chi connectivity index (χ2n) is 4.06. The highest BCUT2D eigenvalue weighted by atomic mass is 35.5. The third-order valence-electron chi connectivity index (χ3n) is 2.79. The zero-order chi connectivity index (χ0) is 14.2. The van der Waals surface area contributed by atoms with E-state index in [1.165, 1.54) is 6.20 Å². The minimum absolute atomic E-state index is 0.0103. The number of carbonyl (C=O) groups is 2. The molecule has 1 aliphatic rings. The van der Waals surface area contributed by atoms with Crippen molar-refractivity contribution in [2.24, 2.45) is 11.7 Å². The van der Waals surface area contributed by atoms with Crippen molar-refractivity contribution in [3.05, 3.63) is 27.4 Å². The van der Waals surface area contributed by atoms with Crippen LogP contribution in [0.4, 0.5) is 11.5 Å². The number of hydrogen-bond acceptors (Lipinski definition) is 5. The van der Waals surface area contributed by atoms with Crippen LogP contribution in [0.5, 0.6) is 0 Å². The fourth-order valence-electron chi connectivity index (χ4n) is 1.87. The van der Waals surface area contributed by atoms with Gasteiger partial charge in [-0.1, -0.05) is 11.6 Å². The average molecular weight is 285 g/mol. The number of nitro groups is 1. The van der Waals surface area contributed by atoms with E-state index >= 15 is 0 Å². The maximum Gasteiger partial charge on any atom is 0.313 e. The van der Waals surface area contributed by atoms with Gasteiger partial charge in [-0.25, -0.2) is 4.98 Å². The molecule has 0 spiro atoms. The zero-order valence-corrected chi connectivity index (χ0v) is 10.3. The van der Waals surface area contributed by atoms with Gasteiger partial charge in [-0.2, -0.15) is 0 Å². The van der Waals surface area contributed by atoms with Gasteiger partial charge in [-0.05, 0) is 0 Å². The van der Waals surface area contributed by atoms with Crippen LogP contribution in [0.3, 0.4) is 0 Å². The highest BCUT2D eigenvalue weighted by Gasteiger charge is 2.37. The molecular weight excluding hydrogens is 276 g/mol. The Hall–Kier alpha value is -2.22. The quantitative estimate of drug-likeness (QED) is 0.639. The first-order valence-electron chi connectivity index (χ1n) is 5.29. The molecule has 9 heteroatoms. The predicted octanol–water partition coefficient (Wildman–Crippen LogP) is 0.481. The minimum Gasteiger partial charge on any atom is -0.369 e. The Morgan fingerprint density at radius 3 is 2.84 bits per heavy atom. The van der Waals surface area contributed by atoms with E-state index in [4.69, 9.17) is 17.3 Å². The number of nitrogens with zero attached hydrogens (tertiary/aromatic N) is 3. The Bertz CT molecular complexity index is 577. The molecule has 0 radical (unpaired) electrons. The van der Waals surface area contributed by atoms with Crippen molar-refractivity contribution >= 4 is 34.9 Å². The van der Waals surface area contributed by atoms with E-state index in [2.05, 4.69) is 4.98 Å². The summed E-state index contributed by atoms with van der Waals surface area (Å²) in [4.78, 5) is 38.0. The SMILES string of the molecule is NC(=O)C1CC(=O)N(c2ncc(Cl)cc2[N+](=O)[O-])C1. The van der Waals surface area contributed by atoms with E-state index in [-0.39, 0.29) is 29.5 Å². The van der Waals surface area contributed by atoms with E-state index in [1.807, 2.05) is 0 Å². The Kier molecular flexibility index (Phi) is 3.34. The van der Waals surface area contributed by atoms with E-state index in [0.717, 1.165) is 11.0 Å². The number of primary amides is 1. The first kappa shape index (κ1) is 13.2. The van der Waals surface area contributed by atoms with Gasteiger partial charge in [0.25, 0.3) is 0 Å². The molecule has 1 saturated heterocycles. The molecule has 1 atom stereocenters. The average Bonchev–Trinajstić information content (AvgIpc) is 2.71. The molecule has 1 aliphatic heterocycles. The highest BCUT2D eigenvalue weighted by molar-refractivity contribution is 6.30. The van der Waals surface area contributed by atoms with Crippen molar-refractivity contribution in [2.45, 2.75) is 6.42 Å². The van der Waals surface area contributed by atoms with E-state index in [0.29, 0.717) is 0 Å². The Labute approximate surface area is 112 Å². The maximum atomic E-state index is 11.8. The molecule has 0 saturated carbocycles. The zero-order valence-electron chi connectivity index (χ0n) is 9.58. The van der Waals surface area contributed by atoms with Crippen molar-refractivity contribution in [1.29, 1.82) is 0 Å². The van der Waals surface area contributed by atoms with Crippen LogP contribution < -0.4 is 10.6 Å². The monoisotopic (exact) mass is 284 g/mol. The standard InChI is InChI=1S/C10H9ClN4O4/c11-6-2-7(15(18)19)10(13-3-6)14-4-5(9(12)17)1-8(14)16/h2-3,5H,1,4H2,(H2,12,17). The minimum atomic E-state index is -0.681. The lowest BCUT2D eigenvalue weighted by Gasteiger charge is -2.14. The normalized spacial score (nSPS) is 18.7. The molecule has 0 aromatic carbocycles. The summed E-state index contributed by atoms with van der Waals surface area (Å²) in [5.41, 5.74) is 4.75. The molecule has 1 fully saturated rings. The van der Waals surface area contributed by atoms with Crippen LogP contribution in [-0.2, 0) is 9.59 Å². The summed E-state index contributed by atoms with van der Waals surface area (Å²) >= 11 is 5.64.